The third-order valence-electron chi connectivity index (χ3n) is 3.73. The van der Waals surface area contributed by atoms with Gasteiger partial charge in [-0.05, 0) is 42.2 Å². The lowest BCUT2D eigenvalue weighted by Crippen LogP contribution is -2.29. The molecule has 0 spiro atoms. The van der Waals surface area contributed by atoms with Crippen LogP contribution in [0.5, 0.6) is 0 Å². The van der Waals surface area contributed by atoms with Gasteiger partial charge in [-0.25, -0.2) is 0 Å². The van der Waals surface area contributed by atoms with Crippen LogP contribution in [0.3, 0.4) is 0 Å². The molecular formula is C17H17N3O2S2. The predicted octanol–water partition coefficient (Wildman–Crippen LogP) is 2.87. The minimum absolute atomic E-state index is 0.0824. The van der Waals surface area contributed by atoms with Crippen molar-refractivity contribution in [3.8, 4) is 0 Å². The zero-order valence-electron chi connectivity index (χ0n) is 13.0. The molecule has 0 fully saturated rings. The molecule has 0 saturated heterocycles. The molecular weight excluding hydrogens is 342 g/mol. The predicted molar refractivity (Wildman–Crippen MR) is 99.0 cm³/mol. The van der Waals surface area contributed by atoms with E-state index in [9.17, 15) is 9.59 Å². The summed E-state index contributed by atoms with van der Waals surface area (Å²) >= 11 is 6.91. The first kappa shape index (κ1) is 16.6. The second kappa shape index (κ2) is 7.55. The Kier molecular flexibility index (Phi) is 5.22. The van der Waals surface area contributed by atoms with Crippen LogP contribution in [0, 0.1) is 4.77 Å². The Bertz CT molecular complexity index is 958. The molecule has 3 rings (SSSR count). The molecule has 0 aliphatic heterocycles. The van der Waals surface area contributed by atoms with E-state index >= 15 is 0 Å². The van der Waals surface area contributed by atoms with Crippen molar-refractivity contribution in [3.05, 3.63) is 61.8 Å². The van der Waals surface area contributed by atoms with Gasteiger partial charge in [0.1, 0.15) is 0 Å². The van der Waals surface area contributed by atoms with E-state index in [-0.39, 0.29) is 24.4 Å². The summed E-state index contributed by atoms with van der Waals surface area (Å²) < 4.78 is 1.78. The lowest BCUT2D eigenvalue weighted by Gasteiger charge is -2.08. The summed E-state index contributed by atoms with van der Waals surface area (Å²) in [4.78, 5) is 28.7. The molecule has 0 saturated carbocycles. The number of amides is 1. The van der Waals surface area contributed by atoms with E-state index in [1.54, 1.807) is 17.4 Å². The van der Waals surface area contributed by atoms with E-state index in [4.69, 9.17) is 12.2 Å². The lowest BCUT2D eigenvalue weighted by atomic mass is 10.2. The molecule has 2 aromatic heterocycles. The molecule has 0 bridgehead atoms. The fraction of sp³-hybridized carbons (Fsp3) is 0.235. The Morgan fingerprint density at radius 3 is 2.88 bits per heavy atom. The molecule has 5 nitrogen and oxygen atoms in total. The maximum Gasteiger partial charge on any atom is 0.262 e. The van der Waals surface area contributed by atoms with Gasteiger partial charge in [-0.15, -0.1) is 11.3 Å². The van der Waals surface area contributed by atoms with Crippen molar-refractivity contribution in [2.45, 2.75) is 19.4 Å². The largest absolute Gasteiger partial charge is 0.356 e. The second-order valence-corrected chi connectivity index (χ2v) is 6.78. The summed E-state index contributed by atoms with van der Waals surface area (Å²) in [6.45, 7) is 0.864. The summed E-state index contributed by atoms with van der Waals surface area (Å²) in [6, 6.07) is 11.3. The van der Waals surface area contributed by atoms with Crippen LogP contribution in [0.15, 0.2) is 46.6 Å². The molecule has 0 radical (unpaired) electrons. The normalized spacial score (nSPS) is 10.8. The van der Waals surface area contributed by atoms with Gasteiger partial charge in [0.25, 0.3) is 5.56 Å². The number of thiophene rings is 1. The topological polar surface area (TPSA) is 66.9 Å². The fourth-order valence-corrected chi connectivity index (χ4v) is 3.48. The molecule has 0 unspecified atom stereocenters. The van der Waals surface area contributed by atoms with Gasteiger partial charge in [0.2, 0.25) is 5.91 Å². The number of fused-ring (bicyclic) bond motifs is 1. The fourth-order valence-electron chi connectivity index (χ4n) is 2.48. The van der Waals surface area contributed by atoms with Gasteiger partial charge in [-0.1, -0.05) is 18.2 Å². The van der Waals surface area contributed by atoms with Crippen LogP contribution in [-0.2, 0) is 17.8 Å². The Morgan fingerprint density at radius 1 is 1.25 bits per heavy atom. The molecule has 0 aliphatic carbocycles. The van der Waals surface area contributed by atoms with E-state index in [1.807, 2.05) is 35.7 Å². The number of hydrogen-bond acceptors (Lipinski definition) is 4. The highest BCUT2D eigenvalue weighted by Crippen LogP contribution is 2.08. The molecule has 124 valence electrons. The summed E-state index contributed by atoms with van der Waals surface area (Å²) in [5.74, 6) is -0.0824. The van der Waals surface area contributed by atoms with Crippen LogP contribution in [0.25, 0.3) is 10.9 Å². The number of nitrogens with one attached hydrogen (secondary N) is 2. The second-order valence-electron chi connectivity index (χ2n) is 5.36. The lowest BCUT2D eigenvalue weighted by molar-refractivity contribution is -0.121. The zero-order chi connectivity index (χ0) is 16.9. The number of aromatic nitrogens is 2. The van der Waals surface area contributed by atoms with Crippen LogP contribution < -0.4 is 10.9 Å². The quantitative estimate of drug-likeness (QED) is 0.665. The first-order chi connectivity index (χ1) is 11.6. The number of rotatable bonds is 6. The average Bonchev–Trinajstić information content (AvgIpc) is 3.08. The highest BCUT2D eigenvalue weighted by Gasteiger charge is 2.07. The van der Waals surface area contributed by atoms with Crippen LogP contribution in [-0.4, -0.2) is 22.0 Å². The molecule has 24 heavy (non-hydrogen) atoms. The van der Waals surface area contributed by atoms with Crippen molar-refractivity contribution in [1.82, 2.24) is 14.9 Å². The summed E-state index contributed by atoms with van der Waals surface area (Å²) in [5.41, 5.74) is 0.546. The van der Waals surface area contributed by atoms with Crippen LogP contribution >= 0.6 is 23.6 Å². The molecule has 3 aromatic rings. The highest BCUT2D eigenvalue weighted by atomic mass is 32.1. The third kappa shape index (κ3) is 3.80. The molecule has 1 amide bonds. The monoisotopic (exact) mass is 359 g/mol. The van der Waals surface area contributed by atoms with Gasteiger partial charge in [0, 0.05) is 24.4 Å². The maximum absolute atomic E-state index is 12.5. The van der Waals surface area contributed by atoms with E-state index in [0.717, 1.165) is 6.42 Å². The van der Waals surface area contributed by atoms with Crippen molar-refractivity contribution in [3.63, 3.8) is 0 Å². The van der Waals surface area contributed by atoms with Crippen molar-refractivity contribution >= 4 is 40.4 Å². The van der Waals surface area contributed by atoms with Gasteiger partial charge in [0.15, 0.2) is 4.77 Å². The van der Waals surface area contributed by atoms with Gasteiger partial charge in [-0.2, -0.15) is 0 Å². The third-order valence-corrected chi connectivity index (χ3v) is 4.98. The van der Waals surface area contributed by atoms with Crippen LogP contribution in [0.4, 0.5) is 0 Å². The van der Waals surface area contributed by atoms with Crippen molar-refractivity contribution in [1.29, 1.82) is 0 Å². The van der Waals surface area contributed by atoms with E-state index in [0.29, 0.717) is 22.2 Å². The SMILES string of the molecule is O=C(CCn1c(=S)[nH]c2ccccc2c1=O)NCCc1cccs1. The van der Waals surface area contributed by atoms with Crippen molar-refractivity contribution in [2.75, 3.05) is 6.54 Å². The number of carbonyl (C=O) groups is 1. The standard InChI is InChI=1S/C17H17N3O2S2/c21-15(18-9-7-12-4-3-11-24-12)8-10-20-16(22)13-5-1-2-6-14(13)19-17(20)23/h1-6,11H,7-10H2,(H,18,21)(H,19,23). The Morgan fingerprint density at radius 2 is 2.08 bits per heavy atom. The van der Waals surface area contributed by atoms with Crippen molar-refractivity contribution < 1.29 is 4.79 Å². The number of H-pyrrole nitrogens is 1. The van der Waals surface area contributed by atoms with Gasteiger partial charge >= 0.3 is 0 Å². The minimum atomic E-state index is -0.166. The Hall–Kier alpha value is -2.25. The van der Waals surface area contributed by atoms with E-state index in [1.165, 1.54) is 9.44 Å². The first-order valence-corrected chi connectivity index (χ1v) is 8.95. The number of hydrogen-bond donors (Lipinski definition) is 2. The van der Waals surface area contributed by atoms with Crippen molar-refractivity contribution in [2.24, 2.45) is 0 Å². The number of para-hydroxylation sites is 1. The number of aromatic amines is 1. The Balaban J connectivity index is 1.62. The molecule has 7 heteroatoms. The minimum Gasteiger partial charge on any atom is -0.356 e. The smallest absolute Gasteiger partial charge is 0.262 e. The van der Waals surface area contributed by atoms with E-state index < -0.39 is 0 Å². The summed E-state index contributed by atoms with van der Waals surface area (Å²) in [6.07, 6.45) is 1.04. The molecule has 2 heterocycles. The average molecular weight is 359 g/mol. The summed E-state index contributed by atoms with van der Waals surface area (Å²) in [7, 11) is 0. The molecule has 1 aromatic carbocycles. The van der Waals surface area contributed by atoms with E-state index in [2.05, 4.69) is 10.3 Å². The first-order valence-electron chi connectivity index (χ1n) is 7.66. The van der Waals surface area contributed by atoms with Gasteiger partial charge < -0.3 is 10.3 Å². The molecule has 0 atom stereocenters. The number of carbonyl (C=O) groups excluding carboxylic acids is 1. The Labute approximate surface area is 148 Å². The van der Waals surface area contributed by atoms with Gasteiger partial charge in [0.05, 0.1) is 10.9 Å². The maximum atomic E-state index is 12.5. The molecule has 0 aliphatic rings. The number of benzene rings is 1. The summed E-state index contributed by atoms with van der Waals surface area (Å²) in [5, 5.41) is 5.47. The molecule has 2 N–H and O–H groups in total. The van der Waals surface area contributed by atoms with Crippen LogP contribution in [0.1, 0.15) is 11.3 Å². The van der Waals surface area contributed by atoms with Crippen LogP contribution in [0.2, 0.25) is 0 Å². The zero-order valence-corrected chi connectivity index (χ0v) is 14.6. The highest BCUT2D eigenvalue weighted by molar-refractivity contribution is 7.71. The number of nitrogens with zero attached hydrogens (tertiary/aromatic N) is 1. The van der Waals surface area contributed by atoms with Gasteiger partial charge in [-0.3, -0.25) is 14.2 Å².